The van der Waals surface area contributed by atoms with Crippen LogP contribution in [-0.2, 0) is 38.8 Å². The van der Waals surface area contributed by atoms with Crippen LogP contribution in [0.1, 0.15) is 31.9 Å². The van der Waals surface area contributed by atoms with Gasteiger partial charge in [0.15, 0.2) is 11.5 Å². The van der Waals surface area contributed by atoms with Crippen molar-refractivity contribution in [2.75, 3.05) is 12.3 Å². The number of esters is 1. The highest BCUT2D eigenvalue weighted by atomic mass is 35.5. The Bertz CT molecular complexity index is 1890. The zero-order chi connectivity index (χ0) is 34.9. The highest BCUT2D eigenvalue weighted by Crippen LogP contribution is 2.62. The van der Waals surface area contributed by atoms with Crippen molar-refractivity contribution >= 4 is 50.1 Å². The van der Waals surface area contributed by atoms with Gasteiger partial charge in [0.05, 0.1) is 31.2 Å². The highest BCUT2D eigenvalue weighted by Gasteiger charge is 2.65. The van der Waals surface area contributed by atoms with E-state index in [0.717, 1.165) is 5.56 Å². The van der Waals surface area contributed by atoms with Crippen LogP contribution in [0.5, 0.6) is 5.75 Å². The second-order valence-electron chi connectivity index (χ2n) is 12.1. The fourth-order valence-electron chi connectivity index (χ4n) is 5.70. The third kappa shape index (κ3) is 8.31. The van der Waals surface area contributed by atoms with Crippen molar-refractivity contribution < 1.29 is 46.8 Å². The van der Waals surface area contributed by atoms with Gasteiger partial charge in [-0.25, -0.2) is 14.1 Å². The summed E-state index contributed by atoms with van der Waals surface area (Å²) in [5.41, 5.74) is 7.34. The molecule has 0 radical (unpaired) electrons. The number of rotatable bonds is 15. The van der Waals surface area contributed by atoms with Gasteiger partial charge in [0.1, 0.15) is 30.0 Å². The highest BCUT2D eigenvalue weighted by molar-refractivity contribution is 7.63. The molecule has 6 rings (SSSR count). The molecule has 1 aliphatic carbocycles. The van der Waals surface area contributed by atoms with Gasteiger partial charge in [0, 0.05) is 5.92 Å². The van der Waals surface area contributed by atoms with Crippen LogP contribution >= 0.6 is 27.2 Å². The molecular weight excluding hydrogens is 702 g/mol. The maximum absolute atomic E-state index is 14.1. The Morgan fingerprint density at radius 3 is 2.47 bits per heavy atom. The van der Waals surface area contributed by atoms with Gasteiger partial charge in [-0.15, -0.1) is 0 Å². The Morgan fingerprint density at radius 1 is 1.12 bits per heavy atom. The molecular formula is C30H35ClN6O10P2. The number of hydrogen-bond acceptors (Lipinski definition) is 13. The van der Waals surface area contributed by atoms with Crippen LogP contribution in [0.3, 0.4) is 0 Å². The number of nitrogens with two attached hydrogens (primary N) is 1. The molecule has 19 heteroatoms. The molecule has 0 amide bonds. The molecule has 0 bridgehead atoms. The van der Waals surface area contributed by atoms with Crippen molar-refractivity contribution in [2.45, 2.75) is 57.3 Å². The van der Waals surface area contributed by atoms with Crippen molar-refractivity contribution in [2.24, 2.45) is 11.8 Å². The minimum absolute atomic E-state index is 0.0281. The van der Waals surface area contributed by atoms with E-state index in [1.165, 1.54) is 18.5 Å². The van der Waals surface area contributed by atoms with Crippen molar-refractivity contribution in [1.82, 2.24) is 24.6 Å². The van der Waals surface area contributed by atoms with Crippen LogP contribution in [0, 0.1) is 11.8 Å². The van der Waals surface area contributed by atoms with Crippen LogP contribution in [0.4, 0.5) is 5.82 Å². The van der Waals surface area contributed by atoms with Crippen molar-refractivity contribution in [3.8, 4) is 5.75 Å². The molecule has 7 unspecified atom stereocenters. The molecule has 4 aromatic rings. The third-order valence-electron chi connectivity index (χ3n) is 7.93. The third-order valence-corrected chi connectivity index (χ3v) is 11.3. The minimum atomic E-state index is -5.18. The average Bonchev–Trinajstić information content (AvgIpc) is 3.41. The van der Waals surface area contributed by atoms with Gasteiger partial charge in [-0.2, -0.15) is 19.4 Å². The number of benzene rings is 2. The Morgan fingerprint density at radius 2 is 1.82 bits per heavy atom. The number of nitrogens with one attached hydrogen (secondary N) is 1. The number of aliphatic hydroxyl groups excluding tert-OH is 1. The first kappa shape index (κ1) is 35.4. The predicted molar refractivity (Wildman–Crippen MR) is 176 cm³/mol. The number of aromatic nitrogens is 4. The molecule has 8 atom stereocenters. The van der Waals surface area contributed by atoms with Crippen LogP contribution < -0.4 is 15.3 Å². The zero-order valence-corrected chi connectivity index (χ0v) is 28.9. The van der Waals surface area contributed by atoms with Gasteiger partial charge in [0.2, 0.25) is 5.28 Å². The number of carbonyl (C=O) groups is 1. The standard InChI is InChI=1S/C30H35ClN6O10P2/c1-17(2)13-20(29(39)43-14-18-9-5-3-6-10-18)36-48(40,46-19-11-7-4-8-12-19)47-49(41,42)44-15-21-25(38)22-24(26(22)45-21)37-16-33-23-27(32)34-30(31)35-28(23)37/h3-12,16-17,20-22,24-26,38H,13-15H2,1-2H3,(H,36,40)(H,41,42)(H2,32,34,35)/t20-,21?,22?,24?,25?,26?,48?/m0/s1. The fraction of sp³-hybridized carbons (Fsp3) is 0.400. The average molecular weight is 737 g/mol. The van der Waals surface area contributed by atoms with E-state index in [0.29, 0.717) is 11.2 Å². The van der Waals surface area contributed by atoms with E-state index in [4.69, 9.17) is 40.2 Å². The molecule has 2 aromatic heterocycles. The number of phosphoric ester groups is 1. The van der Waals surface area contributed by atoms with Gasteiger partial charge in [-0.3, -0.25) is 9.32 Å². The Labute approximate surface area is 286 Å². The summed E-state index contributed by atoms with van der Waals surface area (Å²) in [4.78, 5) is 36.2. The van der Waals surface area contributed by atoms with E-state index in [1.54, 1.807) is 47.0 Å². The molecule has 16 nitrogen and oxygen atoms in total. The minimum Gasteiger partial charge on any atom is -0.460 e. The van der Waals surface area contributed by atoms with Gasteiger partial charge in [-0.1, -0.05) is 62.4 Å². The van der Waals surface area contributed by atoms with Crippen LogP contribution in [-0.4, -0.2) is 66.4 Å². The SMILES string of the molecule is CC(C)C[C@H](NP(=O)(Oc1ccccc1)OP(=O)(O)OCC1OC2C(C1O)C2n1cnc2c(N)nc(Cl)nc21)C(=O)OCc1ccccc1. The van der Waals surface area contributed by atoms with Crippen LogP contribution in [0.2, 0.25) is 5.28 Å². The number of aliphatic hydroxyl groups is 1. The summed E-state index contributed by atoms with van der Waals surface area (Å²) in [5.74, 6) is -1.16. The maximum Gasteiger partial charge on any atom is 0.481 e. The molecule has 2 aliphatic rings. The molecule has 262 valence electrons. The monoisotopic (exact) mass is 736 g/mol. The first-order chi connectivity index (χ1) is 23.3. The number of nitrogen functional groups attached to an aromatic ring is 1. The van der Waals surface area contributed by atoms with Gasteiger partial charge in [0.25, 0.3) is 0 Å². The summed E-state index contributed by atoms with van der Waals surface area (Å²) in [6.45, 7) is 3.01. The summed E-state index contributed by atoms with van der Waals surface area (Å²) in [6, 6.07) is 15.1. The summed E-state index contributed by atoms with van der Waals surface area (Å²) in [5, 5.41) is 13.4. The Balaban J connectivity index is 1.12. The summed E-state index contributed by atoms with van der Waals surface area (Å²) in [7, 11) is -10.00. The van der Waals surface area contributed by atoms with Crippen molar-refractivity contribution in [3.63, 3.8) is 0 Å². The summed E-state index contributed by atoms with van der Waals surface area (Å²) < 4.78 is 56.3. The lowest BCUT2D eigenvalue weighted by molar-refractivity contribution is -0.147. The molecule has 49 heavy (non-hydrogen) atoms. The van der Waals surface area contributed by atoms with Gasteiger partial charge in [-0.05, 0) is 41.6 Å². The largest absolute Gasteiger partial charge is 0.481 e. The molecule has 2 aromatic carbocycles. The first-order valence-electron chi connectivity index (χ1n) is 15.3. The van der Waals surface area contributed by atoms with E-state index in [2.05, 4.69) is 20.0 Å². The number of carbonyl (C=O) groups excluding carboxylic acids is 1. The van der Waals surface area contributed by atoms with E-state index in [-0.39, 0.29) is 41.8 Å². The number of imidazole rings is 1. The summed E-state index contributed by atoms with van der Waals surface area (Å²) >= 11 is 5.97. The number of ether oxygens (including phenoxy) is 2. The normalized spacial score (nSPS) is 24.6. The van der Waals surface area contributed by atoms with E-state index < -0.39 is 58.4 Å². The van der Waals surface area contributed by atoms with E-state index >= 15 is 0 Å². The Kier molecular flexibility index (Phi) is 10.4. The molecule has 3 heterocycles. The topological polar surface area (TPSA) is 219 Å². The molecule has 1 aliphatic heterocycles. The van der Waals surface area contributed by atoms with Crippen LogP contribution in [0.15, 0.2) is 67.0 Å². The number of halogens is 1. The number of anilines is 1. The first-order valence-corrected chi connectivity index (χ1v) is 18.7. The zero-order valence-electron chi connectivity index (χ0n) is 26.3. The molecule has 1 saturated carbocycles. The second-order valence-corrected chi connectivity index (χ2v) is 15.7. The van der Waals surface area contributed by atoms with Crippen molar-refractivity contribution in [3.05, 3.63) is 77.8 Å². The van der Waals surface area contributed by atoms with Crippen molar-refractivity contribution in [1.29, 1.82) is 0 Å². The lowest BCUT2D eigenvalue weighted by Crippen LogP contribution is -2.38. The maximum atomic E-state index is 14.1. The molecule has 5 N–H and O–H groups in total. The Hall–Kier alpha value is -3.43. The predicted octanol–water partition coefficient (Wildman–Crippen LogP) is 4.43. The smallest absolute Gasteiger partial charge is 0.460 e. The number of phosphoric acid groups is 1. The molecule has 2 fully saturated rings. The summed E-state index contributed by atoms with van der Waals surface area (Å²) in [6.07, 6.45) is -1.03. The lowest BCUT2D eigenvalue weighted by Gasteiger charge is -2.27. The molecule has 1 saturated heterocycles. The second kappa shape index (κ2) is 14.4. The number of nitrogens with zero attached hydrogens (tertiary/aromatic N) is 4. The number of para-hydroxylation sites is 1. The lowest BCUT2D eigenvalue weighted by atomic mass is 10.1. The number of fused-ring (bicyclic) bond motifs is 2. The van der Waals surface area contributed by atoms with Gasteiger partial charge >= 0.3 is 21.5 Å². The van der Waals surface area contributed by atoms with Crippen LogP contribution in [0.25, 0.3) is 11.2 Å². The van der Waals surface area contributed by atoms with Gasteiger partial charge < -0.3 is 34.3 Å². The molecule has 0 spiro atoms. The quantitative estimate of drug-likeness (QED) is 0.0754. The van der Waals surface area contributed by atoms with E-state index in [1.807, 2.05) is 19.9 Å². The van der Waals surface area contributed by atoms with E-state index in [9.17, 15) is 23.9 Å². The number of hydrogen-bond donors (Lipinski definition) is 4. The fourth-order valence-corrected chi connectivity index (χ4v) is 8.85.